The van der Waals surface area contributed by atoms with Crippen LogP contribution in [-0.4, -0.2) is 47.8 Å². The zero-order valence-corrected chi connectivity index (χ0v) is 11.0. The summed E-state index contributed by atoms with van der Waals surface area (Å²) in [5, 5.41) is 13.1. The van der Waals surface area contributed by atoms with E-state index in [4.69, 9.17) is 5.73 Å². The maximum absolute atomic E-state index is 11.2. The first-order valence-corrected chi connectivity index (χ1v) is 6.36. The second-order valence-corrected chi connectivity index (χ2v) is 5.48. The van der Waals surface area contributed by atoms with Crippen LogP contribution in [0.25, 0.3) is 0 Å². The first-order chi connectivity index (χ1) is 7.90. The molecule has 1 aliphatic heterocycles. The number of amides is 2. The van der Waals surface area contributed by atoms with E-state index in [2.05, 4.69) is 19.2 Å². The molecule has 0 bridgehead atoms. The summed E-state index contributed by atoms with van der Waals surface area (Å²) in [6.07, 6.45) is 0.495. The number of urea groups is 1. The minimum atomic E-state index is -0.402. The first-order valence-electron chi connectivity index (χ1n) is 6.36. The van der Waals surface area contributed by atoms with Crippen LogP contribution >= 0.6 is 0 Å². The normalized spacial score (nSPS) is 27.2. The summed E-state index contributed by atoms with van der Waals surface area (Å²) in [6.45, 7) is 8.19. The van der Waals surface area contributed by atoms with Crippen molar-refractivity contribution in [2.75, 3.05) is 19.6 Å². The largest absolute Gasteiger partial charge is 0.393 e. The topological polar surface area (TPSA) is 78.6 Å². The zero-order chi connectivity index (χ0) is 13.0. The number of nitrogens with one attached hydrogen (secondary N) is 1. The molecule has 1 aliphatic rings. The van der Waals surface area contributed by atoms with Gasteiger partial charge in [-0.05, 0) is 25.8 Å². The van der Waals surface area contributed by atoms with Crippen LogP contribution in [0.5, 0.6) is 0 Å². The van der Waals surface area contributed by atoms with Crippen molar-refractivity contribution in [3.63, 3.8) is 0 Å². The van der Waals surface area contributed by atoms with Crippen LogP contribution in [0.4, 0.5) is 4.79 Å². The molecule has 17 heavy (non-hydrogen) atoms. The molecule has 1 rings (SSSR count). The molecule has 0 spiro atoms. The molecule has 0 aliphatic carbocycles. The summed E-state index contributed by atoms with van der Waals surface area (Å²) in [6, 6.07) is -0.162. The molecule has 5 nitrogen and oxygen atoms in total. The van der Waals surface area contributed by atoms with Gasteiger partial charge in [0.1, 0.15) is 0 Å². The molecule has 3 atom stereocenters. The number of hydrogen-bond donors (Lipinski definition) is 3. The standard InChI is InChI=1S/C12H25N3O2/c1-8(2)5-14-11-4-10(9(3)16)6-15(7-11)12(13)17/h8-11,14,16H,4-7H2,1-3H3,(H2,13,17). The van der Waals surface area contributed by atoms with Crippen LogP contribution in [0, 0.1) is 11.8 Å². The van der Waals surface area contributed by atoms with Crippen molar-refractivity contribution in [2.24, 2.45) is 17.6 Å². The van der Waals surface area contributed by atoms with Crippen LogP contribution in [0.2, 0.25) is 0 Å². The van der Waals surface area contributed by atoms with Gasteiger partial charge in [0.25, 0.3) is 0 Å². The van der Waals surface area contributed by atoms with E-state index in [-0.39, 0.29) is 12.0 Å². The Hall–Kier alpha value is -0.810. The van der Waals surface area contributed by atoms with Crippen LogP contribution in [0.1, 0.15) is 27.2 Å². The van der Waals surface area contributed by atoms with Gasteiger partial charge in [-0.25, -0.2) is 4.79 Å². The minimum absolute atomic E-state index is 0.112. The van der Waals surface area contributed by atoms with Gasteiger partial charge in [0.05, 0.1) is 6.10 Å². The molecule has 5 heteroatoms. The number of carbonyl (C=O) groups is 1. The SMILES string of the molecule is CC(C)CNC1CC(C(C)O)CN(C(N)=O)C1. The second-order valence-electron chi connectivity index (χ2n) is 5.48. The van der Waals surface area contributed by atoms with Crippen LogP contribution in [-0.2, 0) is 0 Å². The van der Waals surface area contributed by atoms with Crippen LogP contribution in [0.15, 0.2) is 0 Å². The Labute approximate surface area is 103 Å². The molecule has 1 fully saturated rings. The Morgan fingerprint density at radius 3 is 2.59 bits per heavy atom. The highest BCUT2D eigenvalue weighted by molar-refractivity contribution is 5.72. The Kier molecular flexibility index (Phi) is 5.21. The van der Waals surface area contributed by atoms with Gasteiger partial charge in [-0.2, -0.15) is 0 Å². The lowest BCUT2D eigenvalue weighted by atomic mass is 9.90. The summed E-state index contributed by atoms with van der Waals surface area (Å²) >= 11 is 0. The van der Waals surface area contributed by atoms with Crippen molar-refractivity contribution in [1.29, 1.82) is 0 Å². The Morgan fingerprint density at radius 2 is 2.12 bits per heavy atom. The van der Waals surface area contributed by atoms with E-state index in [1.54, 1.807) is 11.8 Å². The molecule has 0 radical (unpaired) electrons. The highest BCUT2D eigenvalue weighted by Gasteiger charge is 2.31. The zero-order valence-electron chi connectivity index (χ0n) is 11.0. The lowest BCUT2D eigenvalue weighted by Crippen LogP contribution is -2.54. The van der Waals surface area contributed by atoms with E-state index in [0.29, 0.717) is 19.0 Å². The fraction of sp³-hybridized carbons (Fsp3) is 0.917. The smallest absolute Gasteiger partial charge is 0.314 e. The van der Waals surface area contributed by atoms with Gasteiger partial charge in [-0.15, -0.1) is 0 Å². The van der Waals surface area contributed by atoms with E-state index in [1.807, 2.05) is 0 Å². The van der Waals surface area contributed by atoms with Gasteiger partial charge >= 0.3 is 6.03 Å². The van der Waals surface area contributed by atoms with Gasteiger partial charge in [0.2, 0.25) is 0 Å². The molecule has 0 saturated carbocycles. The third kappa shape index (κ3) is 4.52. The molecule has 1 heterocycles. The Bertz CT molecular complexity index is 256. The number of hydrogen-bond acceptors (Lipinski definition) is 3. The molecule has 4 N–H and O–H groups in total. The predicted molar refractivity (Wildman–Crippen MR) is 67.6 cm³/mol. The second kappa shape index (κ2) is 6.21. The van der Waals surface area contributed by atoms with Crippen molar-refractivity contribution < 1.29 is 9.90 Å². The van der Waals surface area contributed by atoms with Crippen molar-refractivity contribution in [3.05, 3.63) is 0 Å². The van der Waals surface area contributed by atoms with Gasteiger partial charge in [-0.3, -0.25) is 0 Å². The van der Waals surface area contributed by atoms with Crippen molar-refractivity contribution in [1.82, 2.24) is 10.2 Å². The van der Waals surface area contributed by atoms with Gasteiger partial charge in [0.15, 0.2) is 0 Å². The Morgan fingerprint density at radius 1 is 1.47 bits per heavy atom. The number of likely N-dealkylation sites (tertiary alicyclic amines) is 1. The molecule has 2 amide bonds. The third-order valence-corrected chi connectivity index (χ3v) is 3.29. The van der Waals surface area contributed by atoms with Crippen molar-refractivity contribution in [3.8, 4) is 0 Å². The third-order valence-electron chi connectivity index (χ3n) is 3.29. The number of rotatable bonds is 4. The number of carbonyl (C=O) groups excluding carboxylic acids is 1. The lowest BCUT2D eigenvalue weighted by Gasteiger charge is -2.38. The number of primary amides is 1. The monoisotopic (exact) mass is 243 g/mol. The predicted octanol–water partition coefficient (Wildman–Crippen LogP) is 0.382. The maximum Gasteiger partial charge on any atom is 0.314 e. The molecule has 3 unspecified atom stereocenters. The van der Waals surface area contributed by atoms with E-state index in [0.717, 1.165) is 13.0 Å². The highest BCUT2D eigenvalue weighted by Crippen LogP contribution is 2.20. The van der Waals surface area contributed by atoms with Crippen LogP contribution in [0.3, 0.4) is 0 Å². The summed E-state index contributed by atoms with van der Waals surface area (Å²) < 4.78 is 0. The minimum Gasteiger partial charge on any atom is -0.393 e. The molecule has 0 aromatic heterocycles. The number of aliphatic hydroxyl groups excluding tert-OH is 1. The highest BCUT2D eigenvalue weighted by atomic mass is 16.3. The maximum atomic E-state index is 11.2. The van der Waals surface area contributed by atoms with E-state index in [1.165, 1.54) is 0 Å². The van der Waals surface area contributed by atoms with Crippen molar-refractivity contribution >= 4 is 6.03 Å². The van der Waals surface area contributed by atoms with E-state index < -0.39 is 12.1 Å². The average Bonchev–Trinajstić information content (AvgIpc) is 2.25. The van der Waals surface area contributed by atoms with Crippen LogP contribution < -0.4 is 11.1 Å². The number of piperidine rings is 1. The molecular formula is C12H25N3O2. The molecule has 0 aromatic carbocycles. The summed E-state index contributed by atoms with van der Waals surface area (Å²) in [4.78, 5) is 12.9. The van der Waals surface area contributed by atoms with E-state index >= 15 is 0 Å². The molecule has 1 saturated heterocycles. The molecular weight excluding hydrogens is 218 g/mol. The first kappa shape index (κ1) is 14.3. The lowest BCUT2D eigenvalue weighted by molar-refractivity contribution is 0.0619. The fourth-order valence-electron chi connectivity index (χ4n) is 2.22. The number of nitrogens with two attached hydrogens (primary N) is 1. The number of nitrogens with zero attached hydrogens (tertiary/aromatic N) is 1. The molecule has 100 valence electrons. The molecule has 0 aromatic rings. The van der Waals surface area contributed by atoms with Gasteiger partial charge < -0.3 is 21.1 Å². The van der Waals surface area contributed by atoms with Crippen molar-refractivity contribution in [2.45, 2.75) is 39.3 Å². The Balaban J connectivity index is 2.55. The fourth-order valence-corrected chi connectivity index (χ4v) is 2.22. The quantitative estimate of drug-likeness (QED) is 0.668. The summed E-state index contributed by atoms with van der Waals surface area (Å²) in [7, 11) is 0. The summed E-state index contributed by atoms with van der Waals surface area (Å²) in [5.41, 5.74) is 5.33. The number of aliphatic hydroxyl groups is 1. The van der Waals surface area contributed by atoms with Gasteiger partial charge in [-0.1, -0.05) is 13.8 Å². The van der Waals surface area contributed by atoms with Gasteiger partial charge in [0, 0.05) is 25.0 Å². The summed E-state index contributed by atoms with van der Waals surface area (Å²) in [5.74, 6) is 0.685. The average molecular weight is 243 g/mol. The van der Waals surface area contributed by atoms with E-state index in [9.17, 15) is 9.90 Å².